The molecule has 2 unspecified atom stereocenters. The maximum atomic E-state index is 11.1. The van der Waals surface area contributed by atoms with Gasteiger partial charge in [-0.15, -0.1) is 0 Å². The van der Waals surface area contributed by atoms with Crippen LogP contribution in [0.5, 0.6) is 0 Å². The molecule has 3 nitrogen and oxygen atoms in total. The van der Waals surface area contributed by atoms with E-state index < -0.39 is 11.6 Å². The number of rotatable bonds is 4. The SMILES string of the molecule is CC(CC(C)(C)C)C(C)(O[SiH3])C(=O)O. The zero-order chi connectivity index (χ0) is 11.6. The third kappa shape index (κ3) is 3.42. The van der Waals surface area contributed by atoms with Crippen molar-refractivity contribution < 1.29 is 14.3 Å². The minimum absolute atomic E-state index is 0.0255. The lowest BCUT2D eigenvalue weighted by Gasteiger charge is -2.34. The standard InChI is InChI=1S/C10H22O3Si/c1-7(6-9(2,3)4)10(5,13-14)8(11)12/h7H,6H2,1-5,14H3,(H,11,12). The first-order valence-electron chi connectivity index (χ1n) is 4.92. The molecule has 0 aromatic rings. The minimum Gasteiger partial charge on any atom is -0.479 e. The molecule has 1 N–H and O–H groups in total. The van der Waals surface area contributed by atoms with Crippen LogP contribution in [-0.4, -0.2) is 27.2 Å². The molecule has 0 rings (SSSR count). The second-order valence-electron chi connectivity index (χ2n) is 5.28. The molecular formula is C10H22O3Si. The summed E-state index contributed by atoms with van der Waals surface area (Å²) in [5, 5.41) is 9.10. The van der Waals surface area contributed by atoms with Crippen LogP contribution in [0.25, 0.3) is 0 Å². The van der Waals surface area contributed by atoms with Crippen molar-refractivity contribution in [2.45, 2.75) is 46.6 Å². The molecule has 4 heteroatoms. The molecule has 0 spiro atoms. The van der Waals surface area contributed by atoms with Crippen molar-refractivity contribution in [2.24, 2.45) is 11.3 Å². The Morgan fingerprint density at radius 1 is 1.43 bits per heavy atom. The molecule has 0 aliphatic heterocycles. The van der Waals surface area contributed by atoms with Crippen LogP contribution in [0.4, 0.5) is 0 Å². The normalized spacial score (nSPS) is 18.9. The second-order valence-corrected chi connectivity index (χ2v) is 5.69. The van der Waals surface area contributed by atoms with Crippen LogP contribution in [0.15, 0.2) is 0 Å². The minimum atomic E-state index is -1.01. The first-order chi connectivity index (χ1) is 6.13. The number of carbonyl (C=O) groups is 1. The summed E-state index contributed by atoms with van der Waals surface area (Å²) in [6.07, 6.45) is 0.845. The molecule has 0 saturated carbocycles. The van der Waals surface area contributed by atoms with Crippen molar-refractivity contribution in [2.75, 3.05) is 0 Å². The second kappa shape index (κ2) is 4.44. The summed E-state index contributed by atoms with van der Waals surface area (Å²) < 4.78 is 5.25. The van der Waals surface area contributed by atoms with Crippen molar-refractivity contribution >= 4 is 16.5 Å². The van der Waals surface area contributed by atoms with Gasteiger partial charge in [0.15, 0.2) is 5.60 Å². The number of hydrogen-bond acceptors (Lipinski definition) is 2. The number of hydrogen-bond donors (Lipinski definition) is 1. The Balaban J connectivity index is 4.63. The van der Waals surface area contributed by atoms with Crippen LogP contribution in [0.1, 0.15) is 41.0 Å². The van der Waals surface area contributed by atoms with Crippen LogP contribution in [0, 0.1) is 11.3 Å². The molecule has 0 aliphatic carbocycles. The molecule has 0 aromatic carbocycles. The van der Waals surface area contributed by atoms with Crippen molar-refractivity contribution in [3.05, 3.63) is 0 Å². The molecule has 2 atom stereocenters. The van der Waals surface area contributed by atoms with Gasteiger partial charge in [-0.25, -0.2) is 4.79 Å². The van der Waals surface area contributed by atoms with Gasteiger partial charge in [0.25, 0.3) is 0 Å². The fraction of sp³-hybridized carbons (Fsp3) is 0.900. The quantitative estimate of drug-likeness (QED) is 0.721. The smallest absolute Gasteiger partial charge is 0.334 e. The maximum Gasteiger partial charge on any atom is 0.334 e. The summed E-state index contributed by atoms with van der Waals surface area (Å²) in [4.78, 5) is 11.1. The van der Waals surface area contributed by atoms with Gasteiger partial charge >= 0.3 is 5.97 Å². The molecule has 0 amide bonds. The van der Waals surface area contributed by atoms with Crippen LogP contribution in [0.2, 0.25) is 0 Å². The number of carboxylic acids is 1. The lowest BCUT2D eigenvalue weighted by molar-refractivity contribution is -0.158. The Labute approximate surface area is 89.4 Å². The van der Waals surface area contributed by atoms with Gasteiger partial charge < -0.3 is 9.53 Å². The van der Waals surface area contributed by atoms with Crippen molar-refractivity contribution in [3.63, 3.8) is 0 Å². The molecule has 0 aliphatic rings. The van der Waals surface area contributed by atoms with E-state index in [1.807, 2.05) is 6.92 Å². The van der Waals surface area contributed by atoms with Crippen molar-refractivity contribution in [1.29, 1.82) is 0 Å². The molecule has 0 bridgehead atoms. The summed E-state index contributed by atoms with van der Waals surface area (Å²) in [5.41, 5.74) is -0.879. The summed E-state index contributed by atoms with van der Waals surface area (Å²) in [6, 6.07) is 0. The highest BCUT2D eigenvalue weighted by atomic mass is 28.2. The van der Waals surface area contributed by atoms with Gasteiger partial charge in [0.05, 0.1) is 0 Å². The van der Waals surface area contributed by atoms with Gasteiger partial charge in [-0.1, -0.05) is 27.7 Å². The molecule has 0 heterocycles. The third-order valence-corrected chi connectivity index (χ3v) is 3.56. The van der Waals surface area contributed by atoms with E-state index in [0.717, 1.165) is 6.42 Å². The van der Waals surface area contributed by atoms with E-state index in [9.17, 15) is 4.79 Å². The van der Waals surface area contributed by atoms with Gasteiger partial charge in [0, 0.05) is 0 Å². The monoisotopic (exact) mass is 218 g/mol. The highest BCUT2D eigenvalue weighted by molar-refractivity contribution is 6.00. The topological polar surface area (TPSA) is 46.5 Å². The van der Waals surface area contributed by atoms with Gasteiger partial charge in [-0.2, -0.15) is 0 Å². The van der Waals surface area contributed by atoms with E-state index >= 15 is 0 Å². The predicted octanol–water partition coefficient (Wildman–Crippen LogP) is 1.20. The average Bonchev–Trinajstić information content (AvgIpc) is 1.99. The number of aliphatic carboxylic acids is 1. The van der Waals surface area contributed by atoms with Crippen LogP contribution in [0.3, 0.4) is 0 Å². The van der Waals surface area contributed by atoms with Crippen LogP contribution in [-0.2, 0) is 9.22 Å². The van der Waals surface area contributed by atoms with Gasteiger partial charge in [-0.3, -0.25) is 0 Å². The average molecular weight is 218 g/mol. The largest absolute Gasteiger partial charge is 0.479 e. The van der Waals surface area contributed by atoms with Crippen LogP contribution >= 0.6 is 0 Å². The molecule has 0 radical (unpaired) electrons. The highest BCUT2D eigenvalue weighted by Gasteiger charge is 2.39. The fourth-order valence-electron chi connectivity index (χ4n) is 1.61. The molecule has 14 heavy (non-hydrogen) atoms. The van der Waals surface area contributed by atoms with E-state index in [2.05, 4.69) is 20.8 Å². The van der Waals surface area contributed by atoms with E-state index in [4.69, 9.17) is 9.53 Å². The maximum absolute atomic E-state index is 11.1. The molecule has 0 fully saturated rings. The zero-order valence-corrected chi connectivity index (χ0v) is 12.0. The first-order valence-corrected chi connectivity index (χ1v) is 5.73. The summed E-state index contributed by atoms with van der Waals surface area (Å²) in [6.45, 7) is 9.94. The molecule has 0 saturated heterocycles. The number of carboxylic acid groups (broad SMARTS) is 1. The lowest BCUT2D eigenvalue weighted by Crippen LogP contribution is -2.45. The molecule has 0 aromatic heterocycles. The highest BCUT2D eigenvalue weighted by Crippen LogP contribution is 2.32. The Morgan fingerprint density at radius 2 is 1.86 bits per heavy atom. The first kappa shape index (κ1) is 13.6. The van der Waals surface area contributed by atoms with Crippen molar-refractivity contribution in [1.82, 2.24) is 0 Å². The Hall–Kier alpha value is -0.353. The van der Waals surface area contributed by atoms with Crippen LogP contribution < -0.4 is 0 Å². The van der Waals surface area contributed by atoms with Gasteiger partial charge in [0.1, 0.15) is 10.5 Å². The molecule has 84 valence electrons. The van der Waals surface area contributed by atoms with E-state index in [1.54, 1.807) is 6.92 Å². The van der Waals surface area contributed by atoms with E-state index in [-0.39, 0.29) is 11.3 Å². The fourth-order valence-corrected chi connectivity index (χ4v) is 2.19. The predicted molar refractivity (Wildman–Crippen MR) is 60.3 cm³/mol. The Bertz CT molecular complexity index is 210. The van der Waals surface area contributed by atoms with Gasteiger partial charge in [-0.05, 0) is 24.7 Å². The zero-order valence-electron chi connectivity index (χ0n) is 10.0. The summed E-state index contributed by atoms with van der Waals surface area (Å²) in [5.74, 6) is -0.832. The summed E-state index contributed by atoms with van der Waals surface area (Å²) in [7, 11) is 0.453. The lowest BCUT2D eigenvalue weighted by atomic mass is 9.78. The van der Waals surface area contributed by atoms with E-state index in [1.165, 1.54) is 0 Å². The Kier molecular flexibility index (Phi) is 4.33. The Morgan fingerprint density at radius 3 is 2.07 bits per heavy atom. The van der Waals surface area contributed by atoms with Gasteiger partial charge in [0.2, 0.25) is 0 Å². The third-order valence-electron chi connectivity index (χ3n) is 2.71. The van der Waals surface area contributed by atoms with Crippen molar-refractivity contribution in [3.8, 4) is 0 Å². The molecular weight excluding hydrogens is 196 g/mol. The summed E-state index contributed by atoms with van der Waals surface area (Å²) >= 11 is 0. The van der Waals surface area contributed by atoms with E-state index in [0.29, 0.717) is 10.5 Å².